The van der Waals surface area contributed by atoms with Gasteiger partial charge in [0.15, 0.2) is 5.78 Å². The van der Waals surface area contributed by atoms with Crippen molar-refractivity contribution in [3.05, 3.63) is 23.3 Å². The second kappa shape index (κ2) is 4.21. The van der Waals surface area contributed by atoms with E-state index in [2.05, 4.69) is 19.9 Å². The van der Waals surface area contributed by atoms with Crippen LogP contribution in [0.1, 0.15) is 65.2 Å². The van der Waals surface area contributed by atoms with Gasteiger partial charge >= 0.3 is 0 Å². The Kier molecular flexibility index (Phi) is 2.51. The van der Waals surface area contributed by atoms with Crippen LogP contribution in [0.15, 0.2) is 23.3 Å². The van der Waals surface area contributed by atoms with Gasteiger partial charge in [-0.25, -0.2) is 0 Å². The maximum absolute atomic E-state index is 13.1. The normalized spacial score (nSPS) is 55.4. The van der Waals surface area contributed by atoms with Crippen LogP contribution in [0.5, 0.6) is 0 Å². The molecule has 0 bridgehead atoms. The Balaban J connectivity index is 1.49. The van der Waals surface area contributed by atoms with Gasteiger partial charge in [-0.3, -0.25) is 9.59 Å². The van der Waals surface area contributed by atoms with Gasteiger partial charge < -0.3 is 0 Å². The molecule has 132 valence electrons. The zero-order valence-corrected chi connectivity index (χ0v) is 15.4. The number of allylic oxidation sites excluding steroid dienone is 4. The van der Waals surface area contributed by atoms with Gasteiger partial charge in [0.05, 0.1) is 5.41 Å². The average molecular weight is 336 g/mol. The Labute approximate surface area is 150 Å². The fraction of sp³-hybridized carbons (Fsp3) is 0.739. The first kappa shape index (κ1) is 14.9. The van der Waals surface area contributed by atoms with Crippen molar-refractivity contribution in [2.24, 2.45) is 39.9 Å². The van der Waals surface area contributed by atoms with E-state index in [1.54, 1.807) is 5.57 Å². The molecule has 0 aliphatic heterocycles. The molecule has 0 heterocycles. The third kappa shape index (κ3) is 1.48. The summed E-state index contributed by atoms with van der Waals surface area (Å²) >= 11 is 0. The molecule has 25 heavy (non-hydrogen) atoms. The first-order valence-electron chi connectivity index (χ1n) is 10.4. The monoisotopic (exact) mass is 336 g/mol. The number of fused-ring (bicyclic) bond motifs is 7. The minimum Gasteiger partial charge on any atom is -0.299 e. The molecule has 4 unspecified atom stereocenters. The number of carbonyl (C=O) groups is 2. The van der Waals surface area contributed by atoms with E-state index in [9.17, 15) is 9.59 Å². The molecule has 0 amide bonds. The molecule has 7 atom stereocenters. The van der Waals surface area contributed by atoms with Crippen LogP contribution in [-0.4, -0.2) is 11.6 Å². The van der Waals surface area contributed by atoms with Crippen LogP contribution in [-0.2, 0) is 9.59 Å². The largest absolute Gasteiger partial charge is 0.299 e. The molecule has 6 aliphatic rings. The van der Waals surface area contributed by atoms with E-state index in [1.807, 2.05) is 6.08 Å². The van der Waals surface area contributed by atoms with E-state index in [4.69, 9.17) is 0 Å². The van der Waals surface area contributed by atoms with Crippen LogP contribution in [0.25, 0.3) is 0 Å². The van der Waals surface area contributed by atoms with Crippen molar-refractivity contribution in [3.8, 4) is 0 Å². The van der Waals surface area contributed by atoms with E-state index < -0.39 is 0 Å². The summed E-state index contributed by atoms with van der Waals surface area (Å²) in [5.74, 6) is 3.53. The fourth-order valence-corrected chi connectivity index (χ4v) is 8.30. The molecule has 4 saturated carbocycles. The summed E-state index contributed by atoms with van der Waals surface area (Å²) in [6, 6.07) is 0. The molecule has 4 fully saturated rings. The Morgan fingerprint density at radius 1 is 1.04 bits per heavy atom. The number of carbonyl (C=O) groups excluding carboxylic acids is 2. The summed E-state index contributed by atoms with van der Waals surface area (Å²) in [5, 5.41) is 0. The van der Waals surface area contributed by atoms with Gasteiger partial charge in [0, 0.05) is 12.8 Å². The van der Waals surface area contributed by atoms with Gasteiger partial charge in [-0.1, -0.05) is 31.1 Å². The molecule has 6 aliphatic carbocycles. The lowest BCUT2D eigenvalue weighted by Gasteiger charge is -2.56. The predicted octanol–water partition coefficient (Wildman–Crippen LogP) is 4.64. The van der Waals surface area contributed by atoms with E-state index in [-0.39, 0.29) is 16.2 Å². The van der Waals surface area contributed by atoms with Gasteiger partial charge in [0.1, 0.15) is 5.78 Å². The Hall–Kier alpha value is -1.18. The van der Waals surface area contributed by atoms with Gasteiger partial charge in [0.2, 0.25) is 0 Å². The highest BCUT2D eigenvalue weighted by atomic mass is 16.1. The molecule has 0 aromatic carbocycles. The van der Waals surface area contributed by atoms with E-state index >= 15 is 0 Å². The number of ketones is 2. The summed E-state index contributed by atoms with van der Waals surface area (Å²) in [6.07, 6.45) is 12.8. The van der Waals surface area contributed by atoms with Crippen molar-refractivity contribution in [2.75, 3.05) is 0 Å². The maximum Gasteiger partial charge on any atom is 0.155 e. The van der Waals surface area contributed by atoms with Crippen LogP contribution >= 0.6 is 0 Å². The third-order valence-electron chi connectivity index (χ3n) is 9.68. The molecule has 0 radical (unpaired) electrons. The highest BCUT2D eigenvalue weighted by Crippen LogP contribution is 2.76. The Morgan fingerprint density at radius 3 is 2.72 bits per heavy atom. The Morgan fingerprint density at radius 2 is 1.88 bits per heavy atom. The SMILES string of the molecule is CC12CCC(=O)C=C1[C@H]1CC1C1C3=CC[C@@]4(C)CCC(=O)[C@@]34CCC12. The number of hydrogen-bond donors (Lipinski definition) is 0. The molecule has 6 rings (SSSR count). The van der Waals surface area contributed by atoms with Gasteiger partial charge in [-0.05, 0) is 79.1 Å². The van der Waals surface area contributed by atoms with Gasteiger partial charge in [0.25, 0.3) is 0 Å². The van der Waals surface area contributed by atoms with Gasteiger partial charge in [-0.15, -0.1) is 0 Å². The quantitative estimate of drug-likeness (QED) is 0.604. The molecule has 0 N–H and O–H groups in total. The molecule has 0 saturated heterocycles. The van der Waals surface area contributed by atoms with Crippen molar-refractivity contribution in [1.29, 1.82) is 0 Å². The summed E-state index contributed by atoms with van der Waals surface area (Å²) in [6.45, 7) is 4.84. The number of hydrogen-bond acceptors (Lipinski definition) is 2. The van der Waals surface area contributed by atoms with E-state index in [1.165, 1.54) is 18.4 Å². The van der Waals surface area contributed by atoms with E-state index in [0.717, 1.165) is 44.4 Å². The lowest BCUT2D eigenvalue weighted by Crippen LogP contribution is -2.52. The van der Waals surface area contributed by atoms with Crippen LogP contribution in [0.4, 0.5) is 0 Å². The zero-order valence-electron chi connectivity index (χ0n) is 15.4. The van der Waals surface area contributed by atoms with Crippen molar-refractivity contribution >= 4 is 11.6 Å². The van der Waals surface area contributed by atoms with Crippen molar-refractivity contribution in [3.63, 3.8) is 0 Å². The smallest absolute Gasteiger partial charge is 0.155 e. The summed E-state index contributed by atoms with van der Waals surface area (Å²) in [5.41, 5.74) is 3.36. The summed E-state index contributed by atoms with van der Waals surface area (Å²) in [7, 11) is 0. The number of rotatable bonds is 0. The van der Waals surface area contributed by atoms with Crippen LogP contribution in [0.2, 0.25) is 0 Å². The highest BCUT2D eigenvalue weighted by Gasteiger charge is 2.71. The number of Topliss-reactive ketones (excluding diaryl/α,β-unsaturated/α-hetero) is 1. The lowest BCUT2D eigenvalue weighted by atomic mass is 9.46. The topological polar surface area (TPSA) is 34.1 Å². The first-order chi connectivity index (χ1) is 11.9. The van der Waals surface area contributed by atoms with E-state index in [0.29, 0.717) is 29.3 Å². The third-order valence-corrected chi connectivity index (χ3v) is 9.68. The lowest BCUT2D eigenvalue weighted by molar-refractivity contribution is -0.130. The second-order valence-electron chi connectivity index (χ2n) is 10.4. The Bertz CT molecular complexity index is 788. The molecular formula is C23H28O2. The summed E-state index contributed by atoms with van der Waals surface area (Å²) < 4.78 is 0. The maximum atomic E-state index is 13.1. The minimum atomic E-state index is -0.108. The fourth-order valence-electron chi connectivity index (χ4n) is 8.30. The molecule has 2 heteroatoms. The molecule has 0 aromatic rings. The molecule has 2 nitrogen and oxygen atoms in total. The summed E-state index contributed by atoms with van der Waals surface area (Å²) in [4.78, 5) is 25.2. The molecular weight excluding hydrogens is 308 g/mol. The van der Waals surface area contributed by atoms with Crippen molar-refractivity contribution < 1.29 is 9.59 Å². The highest BCUT2D eigenvalue weighted by molar-refractivity contribution is 5.93. The standard InChI is InChI=1S/C23H28O2/c1-21-7-4-17-20-15-12-14(15)18-11-13(24)3-9-22(18,2)16(20)5-10-23(17,21)19(25)6-8-21/h4,11,14-16,20H,3,5-10,12H2,1-2H3/t14-,15?,16?,20?,21-,22?,23+/m0/s1. The van der Waals surface area contributed by atoms with Crippen molar-refractivity contribution in [2.45, 2.75) is 65.2 Å². The van der Waals surface area contributed by atoms with Crippen molar-refractivity contribution in [1.82, 2.24) is 0 Å². The van der Waals surface area contributed by atoms with Gasteiger partial charge in [-0.2, -0.15) is 0 Å². The first-order valence-corrected chi connectivity index (χ1v) is 10.4. The predicted molar refractivity (Wildman–Crippen MR) is 95.7 cm³/mol. The minimum absolute atomic E-state index is 0.108. The second-order valence-corrected chi connectivity index (χ2v) is 10.4. The molecule has 0 aromatic heterocycles. The molecule has 1 spiro atoms. The van der Waals surface area contributed by atoms with Crippen LogP contribution < -0.4 is 0 Å². The zero-order chi connectivity index (χ0) is 17.2. The van der Waals surface area contributed by atoms with Crippen LogP contribution in [0.3, 0.4) is 0 Å². The van der Waals surface area contributed by atoms with Crippen LogP contribution in [0, 0.1) is 39.9 Å². The average Bonchev–Trinajstić information content (AvgIpc) is 3.27.